The number of hydrazone groups is 1. The highest BCUT2D eigenvalue weighted by Gasteiger charge is 2.29. The lowest BCUT2D eigenvalue weighted by Gasteiger charge is -2.21. The van der Waals surface area contributed by atoms with Crippen molar-refractivity contribution in [3.05, 3.63) is 38.6 Å². The van der Waals surface area contributed by atoms with Gasteiger partial charge in [-0.25, -0.2) is 0 Å². The van der Waals surface area contributed by atoms with Crippen LogP contribution in [0, 0.1) is 11.3 Å². The normalized spacial score (nSPS) is 14.2. The van der Waals surface area contributed by atoms with Gasteiger partial charge in [-0.05, 0) is 12.1 Å². The lowest BCUT2D eigenvalue weighted by molar-refractivity contribution is -0.124. The van der Waals surface area contributed by atoms with Crippen molar-refractivity contribution in [1.29, 1.82) is 5.26 Å². The van der Waals surface area contributed by atoms with Gasteiger partial charge in [0.1, 0.15) is 6.07 Å². The summed E-state index contributed by atoms with van der Waals surface area (Å²) < 4.78 is 6.88. The molecule has 1 aliphatic rings. The molecule has 0 radical (unpaired) electrons. The second-order valence-corrected chi connectivity index (χ2v) is 6.04. The summed E-state index contributed by atoms with van der Waals surface area (Å²) in [5.41, 5.74) is -0.589. The minimum absolute atomic E-state index is 0.0413. The number of nitrogens with zero attached hydrogens (tertiary/aromatic N) is 4. The molecule has 0 unspecified atom stereocenters. The number of ether oxygens (including phenoxy) is 1. The number of carbonyl (C=O) groups is 2. The lowest BCUT2D eigenvalue weighted by Crippen LogP contribution is -2.36. The third-order valence-electron chi connectivity index (χ3n) is 3.42. The molecule has 132 valence electrons. The fourth-order valence-electron chi connectivity index (χ4n) is 2.22. The van der Waals surface area contributed by atoms with Crippen LogP contribution < -0.4 is 15.3 Å². The van der Waals surface area contributed by atoms with Gasteiger partial charge in [0.25, 0.3) is 11.5 Å². The molecule has 0 aliphatic carbocycles. The van der Waals surface area contributed by atoms with Gasteiger partial charge in [-0.2, -0.15) is 15.4 Å². The molecule has 1 aromatic heterocycles. The molecule has 3 rings (SSSR count). The van der Waals surface area contributed by atoms with Crippen LogP contribution in [0.1, 0.15) is 6.42 Å². The van der Waals surface area contributed by atoms with E-state index in [1.807, 2.05) is 0 Å². The Morgan fingerprint density at radius 1 is 1.23 bits per heavy atom. The zero-order valence-corrected chi connectivity index (χ0v) is 14.6. The smallest absolute Gasteiger partial charge is 0.268 e. The first-order valence-electron chi connectivity index (χ1n) is 7.08. The second-order valence-electron chi connectivity index (χ2n) is 5.22. The number of aryl methyl sites for hydroxylation is 1. The van der Waals surface area contributed by atoms with Crippen LogP contribution in [0.5, 0.6) is 11.6 Å². The number of benzene rings is 1. The first-order valence-corrected chi connectivity index (χ1v) is 7.83. The fraction of sp³-hybridized carbons (Fsp3) is 0.133. The zero-order valence-electron chi connectivity index (χ0n) is 13.1. The van der Waals surface area contributed by atoms with Crippen molar-refractivity contribution >= 4 is 46.3 Å². The van der Waals surface area contributed by atoms with E-state index in [9.17, 15) is 14.4 Å². The summed E-state index contributed by atoms with van der Waals surface area (Å²) in [6.45, 7) is 0. The van der Waals surface area contributed by atoms with Crippen LogP contribution in [-0.2, 0) is 16.6 Å². The van der Waals surface area contributed by atoms with Crippen molar-refractivity contribution in [2.45, 2.75) is 6.42 Å². The average molecular weight is 394 g/mol. The standard InChI is InChI=1S/C15H9Cl2N5O4/c1-21-14(5-12(24)20-21)26-15-8(16)2-7(3-9(15)17)22-13(25)4-11(23)10(6-18)19-22/h2-3,5H,4H2,1H3,(H,20,24). The maximum atomic E-state index is 12.0. The monoisotopic (exact) mass is 393 g/mol. The van der Waals surface area contributed by atoms with E-state index < -0.39 is 18.1 Å². The minimum atomic E-state index is -0.653. The van der Waals surface area contributed by atoms with Crippen LogP contribution in [0.2, 0.25) is 10.0 Å². The van der Waals surface area contributed by atoms with Gasteiger partial charge in [-0.1, -0.05) is 23.2 Å². The van der Waals surface area contributed by atoms with Crippen LogP contribution in [0.15, 0.2) is 28.1 Å². The largest absolute Gasteiger partial charge is 0.436 e. The Kier molecular flexibility index (Phi) is 4.54. The van der Waals surface area contributed by atoms with Crippen molar-refractivity contribution < 1.29 is 14.3 Å². The molecule has 2 aromatic rings. The Morgan fingerprint density at radius 3 is 2.42 bits per heavy atom. The molecule has 2 heterocycles. The van der Waals surface area contributed by atoms with Gasteiger partial charge in [0.2, 0.25) is 17.4 Å². The summed E-state index contributed by atoms with van der Waals surface area (Å²) in [7, 11) is 1.56. The number of H-pyrrole nitrogens is 1. The van der Waals surface area contributed by atoms with E-state index in [2.05, 4.69) is 10.2 Å². The topological polar surface area (TPSA) is 121 Å². The molecule has 9 nitrogen and oxygen atoms in total. The Bertz CT molecular complexity index is 1040. The van der Waals surface area contributed by atoms with Crippen molar-refractivity contribution in [1.82, 2.24) is 9.78 Å². The molecular weight excluding hydrogens is 385 g/mol. The molecule has 0 saturated carbocycles. The van der Waals surface area contributed by atoms with Crippen LogP contribution in [-0.4, -0.2) is 27.2 Å². The molecule has 1 N–H and O–H groups in total. The van der Waals surface area contributed by atoms with E-state index in [4.69, 9.17) is 33.2 Å². The van der Waals surface area contributed by atoms with Crippen LogP contribution in [0.25, 0.3) is 0 Å². The van der Waals surface area contributed by atoms with Crippen LogP contribution >= 0.6 is 23.2 Å². The molecule has 1 aromatic carbocycles. The Morgan fingerprint density at radius 2 is 1.88 bits per heavy atom. The molecule has 0 atom stereocenters. The minimum Gasteiger partial charge on any atom is -0.436 e. The molecule has 0 spiro atoms. The Labute approximate surface area is 156 Å². The van der Waals surface area contributed by atoms with E-state index in [1.165, 1.54) is 22.9 Å². The van der Waals surface area contributed by atoms with Crippen molar-refractivity contribution in [2.75, 3.05) is 5.01 Å². The van der Waals surface area contributed by atoms with Gasteiger partial charge < -0.3 is 4.74 Å². The Hall–Kier alpha value is -3.09. The molecule has 0 bridgehead atoms. The highest BCUT2D eigenvalue weighted by Crippen LogP contribution is 2.40. The maximum Gasteiger partial charge on any atom is 0.268 e. The molecular formula is C15H9Cl2N5O4. The number of hydrogen-bond acceptors (Lipinski definition) is 6. The number of aromatic amines is 1. The molecule has 26 heavy (non-hydrogen) atoms. The Balaban J connectivity index is 2.00. The predicted molar refractivity (Wildman–Crippen MR) is 92.7 cm³/mol. The number of amides is 1. The first kappa shape index (κ1) is 17.7. The number of Topliss-reactive ketones (excluding diaryl/α,β-unsaturated/α-hetero) is 1. The third kappa shape index (κ3) is 3.20. The number of carbonyl (C=O) groups excluding carboxylic acids is 2. The number of hydrogen-bond donors (Lipinski definition) is 1. The van der Waals surface area contributed by atoms with Crippen molar-refractivity contribution in [3.63, 3.8) is 0 Å². The van der Waals surface area contributed by atoms with Gasteiger partial charge in [-0.3, -0.25) is 24.2 Å². The van der Waals surface area contributed by atoms with Crippen molar-refractivity contribution in [3.8, 4) is 17.7 Å². The van der Waals surface area contributed by atoms with E-state index in [0.717, 1.165) is 5.01 Å². The second kappa shape index (κ2) is 6.67. The summed E-state index contributed by atoms with van der Waals surface area (Å²) in [6.07, 6.45) is -0.481. The molecule has 0 fully saturated rings. The molecule has 1 amide bonds. The molecule has 0 saturated heterocycles. The van der Waals surface area contributed by atoms with Gasteiger partial charge in [0.05, 0.1) is 28.2 Å². The summed E-state index contributed by atoms with van der Waals surface area (Å²) in [4.78, 5) is 34.9. The van der Waals surface area contributed by atoms with Crippen LogP contribution in [0.4, 0.5) is 5.69 Å². The number of rotatable bonds is 3. The summed E-state index contributed by atoms with van der Waals surface area (Å²) in [6, 6.07) is 5.54. The third-order valence-corrected chi connectivity index (χ3v) is 3.98. The number of nitriles is 1. The van der Waals surface area contributed by atoms with E-state index in [1.54, 1.807) is 13.1 Å². The van der Waals surface area contributed by atoms with Gasteiger partial charge in [0, 0.05) is 7.05 Å². The van der Waals surface area contributed by atoms with E-state index in [-0.39, 0.29) is 38.6 Å². The van der Waals surface area contributed by atoms with Gasteiger partial charge in [0.15, 0.2) is 5.75 Å². The highest BCUT2D eigenvalue weighted by atomic mass is 35.5. The fourth-order valence-corrected chi connectivity index (χ4v) is 2.78. The number of aromatic nitrogens is 2. The predicted octanol–water partition coefficient (Wildman–Crippen LogP) is 2.00. The summed E-state index contributed by atoms with van der Waals surface area (Å²) in [5, 5.41) is 16.1. The number of ketones is 1. The maximum absolute atomic E-state index is 12.0. The van der Waals surface area contributed by atoms with Crippen LogP contribution in [0.3, 0.4) is 0 Å². The summed E-state index contributed by atoms with van der Waals surface area (Å²) in [5.74, 6) is -1.03. The van der Waals surface area contributed by atoms with Gasteiger partial charge >= 0.3 is 0 Å². The van der Waals surface area contributed by atoms with E-state index in [0.29, 0.717) is 0 Å². The van der Waals surface area contributed by atoms with Gasteiger partial charge in [-0.15, -0.1) is 0 Å². The zero-order chi connectivity index (χ0) is 19.0. The van der Waals surface area contributed by atoms with E-state index >= 15 is 0 Å². The number of anilines is 1. The highest BCUT2D eigenvalue weighted by molar-refractivity contribution is 6.50. The molecule has 1 aliphatic heterocycles. The first-order chi connectivity index (χ1) is 12.3. The quantitative estimate of drug-likeness (QED) is 0.799. The summed E-state index contributed by atoms with van der Waals surface area (Å²) >= 11 is 12.4. The lowest BCUT2D eigenvalue weighted by atomic mass is 10.1. The van der Waals surface area contributed by atoms with Crippen molar-refractivity contribution in [2.24, 2.45) is 12.1 Å². The molecule has 11 heteroatoms. The number of halogens is 2. The average Bonchev–Trinajstić information content (AvgIpc) is 2.88. The number of nitrogens with one attached hydrogen (secondary N) is 1. The SMILES string of the molecule is Cn1[nH]c(=O)cc1Oc1c(Cl)cc(N2N=C(C#N)C(=O)CC2=O)cc1Cl.